The summed E-state index contributed by atoms with van der Waals surface area (Å²) >= 11 is 0. The first kappa shape index (κ1) is 24.5. The van der Waals surface area contributed by atoms with Crippen molar-refractivity contribution in [2.75, 3.05) is 24.4 Å². The fraction of sp³-hybridized carbons (Fsp3) is 0.222. The van der Waals surface area contributed by atoms with Crippen molar-refractivity contribution in [2.45, 2.75) is 27.2 Å². The van der Waals surface area contributed by atoms with Gasteiger partial charge in [0, 0.05) is 24.0 Å². The number of rotatable bonds is 9. The van der Waals surface area contributed by atoms with Crippen molar-refractivity contribution in [3.63, 3.8) is 0 Å². The van der Waals surface area contributed by atoms with Gasteiger partial charge in [-0.2, -0.15) is 5.10 Å². The van der Waals surface area contributed by atoms with Crippen LogP contribution < -0.4 is 15.0 Å². The lowest BCUT2D eigenvalue weighted by Gasteiger charge is -2.17. The molecule has 0 atom stereocenters. The number of likely N-dealkylation sites (N-methyl/N-ethyl adjacent to an activating group) is 1. The summed E-state index contributed by atoms with van der Waals surface area (Å²) in [7, 11) is 3.34. The number of aryl methyl sites for hydroxylation is 1. The van der Waals surface area contributed by atoms with Crippen molar-refractivity contribution in [1.82, 2.24) is 9.78 Å². The molecule has 0 aliphatic heterocycles. The number of aromatic nitrogens is 2. The van der Waals surface area contributed by atoms with Gasteiger partial charge in [0.2, 0.25) is 5.91 Å². The van der Waals surface area contributed by atoms with E-state index >= 15 is 0 Å². The maximum Gasteiger partial charge on any atom is 0.250 e. The van der Waals surface area contributed by atoms with Crippen LogP contribution in [0.25, 0.3) is 16.9 Å². The second kappa shape index (κ2) is 10.7. The molecular formula is C27H31N5O2. The van der Waals surface area contributed by atoms with Crippen LogP contribution in [0.15, 0.2) is 67.4 Å². The molecule has 176 valence electrons. The van der Waals surface area contributed by atoms with E-state index in [2.05, 4.69) is 18.8 Å². The summed E-state index contributed by atoms with van der Waals surface area (Å²) in [5.74, 6) is 1.22. The van der Waals surface area contributed by atoms with Gasteiger partial charge in [-0.25, -0.2) is 4.68 Å². The summed E-state index contributed by atoms with van der Waals surface area (Å²) in [6.07, 6.45) is 6.01. The average molecular weight is 458 g/mol. The molecule has 0 radical (unpaired) electrons. The molecule has 2 aromatic carbocycles. The number of nitrogens with one attached hydrogen (secondary N) is 2. The van der Waals surface area contributed by atoms with Crippen molar-refractivity contribution in [3.05, 3.63) is 78.5 Å². The number of hydrogen-bond donors (Lipinski definition) is 2. The number of hydrogen-bond acceptors (Lipinski definition) is 5. The van der Waals surface area contributed by atoms with Gasteiger partial charge in [0.1, 0.15) is 17.3 Å². The SMILES string of the molecule is C=CC(=O)N(C)c1cccc(-n2nc(-c3ccc(C)c(OC)c3)c(C(C)=N)c2NC=CCC)c1. The summed E-state index contributed by atoms with van der Waals surface area (Å²) in [4.78, 5) is 13.7. The molecule has 3 rings (SSSR count). The predicted octanol–water partition coefficient (Wildman–Crippen LogP) is 5.73. The molecule has 7 nitrogen and oxygen atoms in total. The fourth-order valence-electron chi connectivity index (χ4n) is 3.62. The zero-order chi connectivity index (χ0) is 24.8. The van der Waals surface area contributed by atoms with Gasteiger partial charge in [-0.15, -0.1) is 0 Å². The third-order valence-corrected chi connectivity index (χ3v) is 5.48. The van der Waals surface area contributed by atoms with Crippen molar-refractivity contribution in [2.24, 2.45) is 0 Å². The zero-order valence-corrected chi connectivity index (χ0v) is 20.3. The molecule has 0 bridgehead atoms. The number of methoxy groups -OCH3 is 1. The molecule has 0 unspecified atom stereocenters. The van der Waals surface area contributed by atoms with E-state index in [1.54, 1.807) is 25.8 Å². The number of nitrogens with zero attached hydrogens (tertiary/aromatic N) is 3. The van der Waals surface area contributed by atoms with Gasteiger partial charge in [-0.3, -0.25) is 4.79 Å². The highest BCUT2D eigenvalue weighted by Crippen LogP contribution is 2.34. The summed E-state index contributed by atoms with van der Waals surface area (Å²) in [5, 5.41) is 16.8. The summed E-state index contributed by atoms with van der Waals surface area (Å²) in [5.41, 5.74) is 5.06. The van der Waals surface area contributed by atoms with Crippen LogP contribution in [0.3, 0.4) is 0 Å². The number of anilines is 2. The van der Waals surface area contributed by atoms with Crippen LogP contribution in [-0.4, -0.2) is 35.6 Å². The Hall–Kier alpha value is -4.13. The fourth-order valence-corrected chi connectivity index (χ4v) is 3.62. The van der Waals surface area contributed by atoms with Crippen LogP contribution in [0.5, 0.6) is 5.75 Å². The molecule has 3 aromatic rings. The molecule has 0 aliphatic rings. The highest BCUT2D eigenvalue weighted by Gasteiger charge is 2.22. The third kappa shape index (κ3) is 4.93. The molecular weight excluding hydrogens is 426 g/mol. The predicted molar refractivity (Wildman–Crippen MR) is 139 cm³/mol. The van der Waals surface area contributed by atoms with E-state index in [1.165, 1.54) is 11.0 Å². The third-order valence-electron chi connectivity index (χ3n) is 5.48. The molecule has 0 saturated heterocycles. The molecule has 1 heterocycles. The van der Waals surface area contributed by atoms with Crippen LogP contribution in [0.1, 0.15) is 31.4 Å². The lowest BCUT2D eigenvalue weighted by molar-refractivity contribution is -0.113. The molecule has 0 spiro atoms. The molecule has 0 aliphatic carbocycles. The van der Waals surface area contributed by atoms with Crippen molar-refractivity contribution in [3.8, 4) is 22.7 Å². The van der Waals surface area contributed by atoms with Gasteiger partial charge in [0.25, 0.3) is 0 Å². The highest BCUT2D eigenvalue weighted by molar-refractivity contribution is 6.06. The Labute approximate surface area is 200 Å². The number of carbonyl (C=O) groups excluding carboxylic acids is 1. The second-order valence-electron chi connectivity index (χ2n) is 7.87. The molecule has 34 heavy (non-hydrogen) atoms. The summed E-state index contributed by atoms with van der Waals surface area (Å²) in [6.45, 7) is 9.36. The Morgan fingerprint density at radius 1 is 1.29 bits per heavy atom. The molecule has 1 aromatic heterocycles. The Morgan fingerprint density at radius 2 is 2.06 bits per heavy atom. The van der Waals surface area contributed by atoms with Gasteiger partial charge in [0.05, 0.1) is 18.4 Å². The number of benzene rings is 2. The molecule has 1 amide bonds. The number of amides is 1. The van der Waals surface area contributed by atoms with Crippen LogP contribution in [0, 0.1) is 12.3 Å². The summed E-state index contributed by atoms with van der Waals surface area (Å²) in [6, 6.07) is 13.4. The quantitative estimate of drug-likeness (QED) is 0.318. The van der Waals surface area contributed by atoms with Gasteiger partial charge >= 0.3 is 0 Å². The number of carbonyl (C=O) groups is 1. The van der Waals surface area contributed by atoms with Crippen LogP contribution in [0.4, 0.5) is 11.5 Å². The minimum Gasteiger partial charge on any atom is -0.496 e. The molecule has 0 saturated carbocycles. The Kier molecular flexibility index (Phi) is 7.68. The van der Waals surface area contributed by atoms with E-state index in [0.717, 1.165) is 29.0 Å². The number of ether oxygens (including phenoxy) is 1. The molecule has 7 heteroatoms. The molecule has 2 N–H and O–H groups in total. The van der Waals surface area contributed by atoms with Crippen LogP contribution >= 0.6 is 0 Å². The monoisotopic (exact) mass is 457 g/mol. The lowest BCUT2D eigenvalue weighted by atomic mass is 10.0. The normalized spacial score (nSPS) is 10.9. The first-order chi connectivity index (χ1) is 16.3. The standard InChI is InChI=1S/C27H31N5O2/c1-7-9-15-29-27-25(19(4)28)26(20-14-13-18(3)23(16-20)34-6)30-32(27)22-12-10-11-21(17-22)31(5)24(33)8-2/h8-17,28-29H,2,7H2,1,3-6H3. The topological polar surface area (TPSA) is 83.2 Å². The zero-order valence-electron chi connectivity index (χ0n) is 20.3. The van der Waals surface area contributed by atoms with E-state index < -0.39 is 0 Å². The largest absolute Gasteiger partial charge is 0.496 e. The van der Waals surface area contributed by atoms with Gasteiger partial charge in [0.15, 0.2) is 0 Å². The van der Waals surface area contributed by atoms with Gasteiger partial charge in [-0.05, 0) is 62.4 Å². The summed E-state index contributed by atoms with van der Waals surface area (Å²) < 4.78 is 7.29. The van der Waals surface area contributed by atoms with E-state index in [9.17, 15) is 4.79 Å². The van der Waals surface area contributed by atoms with Crippen molar-refractivity contribution in [1.29, 1.82) is 5.41 Å². The van der Waals surface area contributed by atoms with E-state index in [-0.39, 0.29) is 5.91 Å². The highest BCUT2D eigenvalue weighted by atomic mass is 16.5. The van der Waals surface area contributed by atoms with Crippen molar-refractivity contribution < 1.29 is 9.53 Å². The Balaban J connectivity index is 2.26. The van der Waals surface area contributed by atoms with E-state index in [0.29, 0.717) is 28.5 Å². The van der Waals surface area contributed by atoms with Gasteiger partial charge < -0.3 is 20.4 Å². The lowest BCUT2D eigenvalue weighted by Crippen LogP contribution is -2.23. The van der Waals surface area contributed by atoms with Gasteiger partial charge in [-0.1, -0.05) is 37.8 Å². The Bertz CT molecular complexity index is 1260. The first-order valence-electron chi connectivity index (χ1n) is 11.1. The minimum atomic E-state index is -0.203. The van der Waals surface area contributed by atoms with Crippen LogP contribution in [0.2, 0.25) is 0 Å². The maximum absolute atomic E-state index is 12.1. The van der Waals surface area contributed by atoms with E-state index in [1.807, 2.05) is 61.7 Å². The second-order valence-corrected chi connectivity index (χ2v) is 7.87. The molecule has 0 fully saturated rings. The van der Waals surface area contributed by atoms with Crippen molar-refractivity contribution >= 4 is 23.1 Å². The van der Waals surface area contributed by atoms with Crippen LogP contribution in [-0.2, 0) is 4.79 Å². The minimum absolute atomic E-state index is 0.203. The smallest absolute Gasteiger partial charge is 0.250 e. The first-order valence-corrected chi connectivity index (χ1v) is 11.1. The Morgan fingerprint density at radius 3 is 2.71 bits per heavy atom. The van der Waals surface area contributed by atoms with E-state index in [4.69, 9.17) is 15.2 Å². The number of allylic oxidation sites excluding steroid dienone is 1. The average Bonchev–Trinajstić information content (AvgIpc) is 3.23. The maximum atomic E-state index is 12.1.